The molecule has 0 amide bonds. The molecule has 0 aliphatic rings. The van der Waals surface area contributed by atoms with Crippen molar-refractivity contribution in [3.05, 3.63) is 29.8 Å². The molecule has 2 heteroatoms. The van der Waals surface area contributed by atoms with E-state index in [0.29, 0.717) is 0 Å². The monoisotopic (exact) mass is 219 g/mol. The van der Waals surface area contributed by atoms with E-state index in [4.69, 9.17) is 6.42 Å². The zero-order valence-electron chi connectivity index (χ0n) is 9.29. The summed E-state index contributed by atoms with van der Waals surface area (Å²) in [6, 6.07) is 8.70. The van der Waals surface area contributed by atoms with Crippen LogP contribution in [0.2, 0.25) is 0 Å². The first-order valence-electron chi connectivity index (χ1n) is 5.13. The van der Waals surface area contributed by atoms with Gasteiger partial charge in [0.15, 0.2) is 0 Å². The lowest BCUT2D eigenvalue weighted by Gasteiger charge is -2.18. The summed E-state index contributed by atoms with van der Waals surface area (Å²) in [6.07, 6.45) is 8.23. The molecule has 1 rings (SSSR count). The van der Waals surface area contributed by atoms with Crippen LogP contribution in [-0.4, -0.2) is 12.8 Å². The number of hydrogen-bond acceptors (Lipinski definition) is 2. The van der Waals surface area contributed by atoms with Crippen LogP contribution in [0.15, 0.2) is 29.2 Å². The highest BCUT2D eigenvalue weighted by Crippen LogP contribution is 2.27. The minimum atomic E-state index is 0.281. The largest absolute Gasteiger partial charge is 0.309 e. The van der Waals surface area contributed by atoms with E-state index in [1.165, 1.54) is 10.5 Å². The molecule has 0 aromatic heterocycles. The lowest BCUT2D eigenvalue weighted by atomic mass is 10.0. The molecule has 1 atom stereocenters. The van der Waals surface area contributed by atoms with Crippen LogP contribution in [0.1, 0.15) is 24.9 Å². The van der Waals surface area contributed by atoms with Crippen molar-refractivity contribution < 1.29 is 0 Å². The number of terminal acetylenes is 1. The van der Waals surface area contributed by atoms with Gasteiger partial charge in [0.05, 0.1) is 0 Å². The summed E-state index contributed by atoms with van der Waals surface area (Å²) in [4.78, 5) is 1.30. The van der Waals surface area contributed by atoms with Gasteiger partial charge in [0, 0.05) is 17.4 Å². The summed E-state index contributed by atoms with van der Waals surface area (Å²) < 4.78 is 0. The molecule has 0 fully saturated rings. The van der Waals surface area contributed by atoms with Gasteiger partial charge in [-0.15, -0.1) is 24.1 Å². The Labute approximate surface area is 96.7 Å². The topological polar surface area (TPSA) is 12.0 Å². The van der Waals surface area contributed by atoms with Crippen molar-refractivity contribution in [3.8, 4) is 12.3 Å². The maximum Gasteiger partial charge on any atom is 0.0441 e. The molecule has 0 spiro atoms. The first-order valence-corrected chi connectivity index (χ1v) is 6.35. The summed E-state index contributed by atoms with van der Waals surface area (Å²) in [6.45, 7) is 3.04. The van der Waals surface area contributed by atoms with Crippen molar-refractivity contribution in [1.82, 2.24) is 5.32 Å². The molecule has 15 heavy (non-hydrogen) atoms. The Morgan fingerprint density at radius 3 is 2.80 bits per heavy atom. The Morgan fingerprint density at radius 1 is 1.47 bits per heavy atom. The lowest BCUT2D eigenvalue weighted by Crippen LogP contribution is -2.20. The number of benzene rings is 1. The highest BCUT2D eigenvalue weighted by Gasteiger charge is 2.11. The fraction of sp³-hybridized carbons (Fsp3) is 0.385. The van der Waals surface area contributed by atoms with Crippen LogP contribution < -0.4 is 5.32 Å². The summed E-state index contributed by atoms with van der Waals surface area (Å²) >= 11 is 1.77. The first-order chi connectivity index (χ1) is 7.33. The predicted octanol–water partition coefficient (Wildman–Crippen LogP) is 3.08. The summed E-state index contributed by atoms with van der Waals surface area (Å²) in [7, 11) is 0. The van der Waals surface area contributed by atoms with Gasteiger partial charge in [0.25, 0.3) is 0 Å². The van der Waals surface area contributed by atoms with E-state index in [2.05, 4.69) is 48.7 Å². The van der Waals surface area contributed by atoms with Gasteiger partial charge >= 0.3 is 0 Å². The van der Waals surface area contributed by atoms with Crippen molar-refractivity contribution in [3.63, 3.8) is 0 Å². The van der Waals surface area contributed by atoms with E-state index >= 15 is 0 Å². The van der Waals surface area contributed by atoms with Crippen LogP contribution in [0.5, 0.6) is 0 Å². The third-order valence-electron chi connectivity index (χ3n) is 2.29. The van der Waals surface area contributed by atoms with Crippen LogP contribution in [0.25, 0.3) is 0 Å². The van der Waals surface area contributed by atoms with Crippen LogP contribution in [0.3, 0.4) is 0 Å². The van der Waals surface area contributed by atoms with E-state index in [0.717, 1.165) is 13.0 Å². The van der Waals surface area contributed by atoms with Gasteiger partial charge in [0.1, 0.15) is 0 Å². The summed E-state index contributed by atoms with van der Waals surface area (Å²) in [5.74, 6) is 2.73. The van der Waals surface area contributed by atoms with E-state index in [1.807, 2.05) is 0 Å². The predicted molar refractivity (Wildman–Crippen MR) is 68.1 cm³/mol. The van der Waals surface area contributed by atoms with Gasteiger partial charge in [-0.3, -0.25) is 0 Å². The fourth-order valence-electron chi connectivity index (χ4n) is 1.61. The fourth-order valence-corrected chi connectivity index (χ4v) is 2.27. The van der Waals surface area contributed by atoms with Crippen LogP contribution in [0.4, 0.5) is 0 Å². The molecule has 80 valence electrons. The molecule has 0 aliphatic heterocycles. The lowest BCUT2D eigenvalue weighted by molar-refractivity contribution is 0.557. The smallest absolute Gasteiger partial charge is 0.0441 e. The Morgan fingerprint density at radius 2 is 2.20 bits per heavy atom. The second kappa shape index (κ2) is 6.55. The van der Waals surface area contributed by atoms with Gasteiger partial charge in [-0.2, -0.15) is 0 Å². The van der Waals surface area contributed by atoms with Gasteiger partial charge in [-0.1, -0.05) is 25.1 Å². The van der Waals surface area contributed by atoms with E-state index in [-0.39, 0.29) is 6.04 Å². The molecular weight excluding hydrogens is 202 g/mol. The zero-order valence-corrected chi connectivity index (χ0v) is 10.1. The Kier molecular flexibility index (Phi) is 5.31. The average Bonchev–Trinajstić information content (AvgIpc) is 2.29. The van der Waals surface area contributed by atoms with E-state index in [9.17, 15) is 0 Å². The van der Waals surface area contributed by atoms with Crippen LogP contribution in [-0.2, 0) is 0 Å². The molecule has 0 heterocycles. The van der Waals surface area contributed by atoms with Crippen LogP contribution in [0, 0.1) is 12.3 Å². The zero-order chi connectivity index (χ0) is 11.1. The second-order valence-corrected chi connectivity index (χ2v) is 4.11. The molecule has 0 saturated heterocycles. The van der Waals surface area contributed by atoms with Gasteiger partial charge in [-0.25, -0.2) is 0 Å². The van der Waals surface area contributed by atoms with Crippen LogP contribution >= 0.6 is 11.8 Å². The molecular formula is C13H17NS. The molecule has 1 aromatic rings. The highest BCUT2D eigenvalue weighted by atomic mass is 32.2. The highest BCUT2D eigenvalue weighted by molar-refractivity contribution is 7.98. The van der Waals surface area contributed by atoms with Crippen molar-refractivity contribution in [2.24, 2.45) is 0 Å². The molecule has 1 N–H and O–H groups in total. The minimum Gasteiger partial charge on any atom is -0.309 e. The Bertz CT molecular complexity index is 341. The normalized spacial score (nSPS) is 12.1. The quantitative estimate of drug-likeness (QED) is 0.603. The molecule has 1 aromatic carbocycles. The van der Waals surface area contributed by atoms with Gasteiger partial charge in [0.2, 0.25) is 0 Å². The minimum absolute atomic E-state index is 0.281. The van der Waals surface area contributed by atoms with Crippen molar-refractivity contribution in [2.45, 2.75) is 24.3 Å². The third kappa shape index (κ3) is 3.30. The van der Waals surface area contributed by atoms with Crippen molar-refractivity contribution in [1.29, 1.82) is 0 Å². The first kappa shape index (κ1) is 12.2. The molecule has 0 radical (unpaired) electrons. The number of nitrogens with one attached hydrogen (secondary N) is 1. The Hall–Kier alpha value is -0.910. The second-order valence-electron chi connectivity index (χ2n) is 3.26. The number of hydrogen-bond donors (Lipinski definition) is 1. The van der Waals surface area contributed by atoms with Gasteiger partial charge in [-0.05, 0) is 24.4 Å². The molecule has 0 aliphatic carbocycles. The van der Waals surface area contributed by atoms with E-state index < -0.39 is 0 Å². The molecule has 0 bridgehead atoms. The standard InChI is InChI=1S/C13H17NS/c1-4-8-12(14-5-2)11-9-6-7-10-13(11)15-3/h1,6-7,9-10,12,14H,5,8H2,2-3H3. The average molecular weight is 219 g/mol. The Balaban J connectivity index is 2.94. The number of rotatable bonds is 5. The molecule has 1 nitrogen and oxygen atoms in total. The summed E-state index contributed by atoms with van der Waals surface area (Å²) in [5, 5.41) is 3.42. The van der Waals surface area contributed by atoms with Gasteiger partial charge < -0.3 is 5.32 Å². The molecule has 0 saturated carbocycles. The SMILES string of the molecule is C#CCC(NCC)c1ccccc1SC. The van der Waals surface area contributed by atoms with Crippen molar-refractivity contribution >= 4 is 11.8 Å². The number of thioether (sulfide) groups is 1. The summed E-state index contributed by atoms with van der Waals surface area (Å²) in [5.41, 5.74) is 1.31. The third-order valence-corrected chi connectivity index (χ3v) is 3.10. The van der Waals surface area contributed by atoms with E-state index in [1.54, 1.807) is 11.8 Å². The maximum atomic E-state index is 5.39. The molecule has 1 unspecified atom stereocenters. The maximum absolute atomic E-state index is 5.39. The van der Waals surface area contributed by atoms with Crippen molar-refractivity contribution in [2.75, 3.05) is 12.8 Å².